The van der Waals surface area contributed by atoms with Crippen molar-refractivity contribution in [1.82, 2.24) is 9.97 Å². The molecule has 0 saturated heterocycles. The predicted molar refractivity (Wildman–Crippen MR) is 79.8 cm³/mol. The second-order valence-electron chi connectivity index (χ2n) is 4.86. The first kappa shape index (κ1) is 13.8. The molecule has 1 aromatic heterocycles. The molecule has 0 fully saturated rings. The van der Waals surface area contributed by atoms with Gasteiger partial charge in [0.15, 0.2) is 0 Å². The Morgan fingerprint density at radius 3 is 2.58 bits per heavy atom. The number of aromatic nitrogens is 2. The second kappa shape index (κ2) is 5.57. The maximum atomic E-state index is 6.11. The number of aryl methyl sites for hydroxylation is 2. The first-order valence-electron chi connectivity index (χ1n) is 6.25. The van der Waals surface area contributed by atoms with Crippen molar-refractivity contribution in [1.29, 1.82) is 0 Å². The van der Waals surface area contributed by atoms with Gasteiger partial charge >= 0.3 is 0 Å². The molecule has 1 heterocycles. The van der Waals surface area contributed by atoms with Crippen LogP contribution in [0, 0.1) is 20.8 Å². The van der Waals surface area contributed by atoms with E-state index in [0.29, 0.717) is 11.0 Å². The van der Waals surface area contributed by atoms with Gasteiger partial charge in [0.05, 0.1) is 0 Å². The van der Waals surface area contributed by atoms with E-state index in [-0.39, 0.29) is 0 Å². The molecule has 19 heavy (non-hydrogen) atoms. The van der Waals surface area contributed by atoms with Gasteiger partial charge in [0.25, 0.3) is 0 Å². The average molecular weight is 276 g/mol. The highest BCUT2D eigenvalue weighted by atomic mass is 35.5. The first-order valence-corrected chi connectivity index (χ1v) is 6.62. The number of nitrogens with zero attached hydrogens (tertiary/aromatic N) is 3. The number of hydrogen-bond acceptors (Lipinski definition) is 3. The van der Waals surface area contributed by atoms with Gasteiger partial charge in [-0.15, -0.1) is 0 Å². The highest BCUT2D eigenvalue weighted by molar-refractivity contribution is 6.30. The molecule has 0 bridgehead atoms. The lowest BCUT2D eigenvalue weighted by atomic mass is 10.1. The minimum absolute atomic E-state index is 0.526. The van der Waals surface area contributed by atoms with E-state index >= 15 is 0 Å². The van der Waals surface area contributed by atoms with Crippen LogP contribution in [0.5, 0.6) is 0 Å². The van der Waals surface area contributed by atoms with Crippen LogP contribution in [0.4, 0.5) is 5.82 Å². The Hall–Kier alpha value is -1.61. The maximum Gasteiger partial charge on any atom is 0.137 e. The molecule has 4 heteroatoms. The predicted octanol–water partition coefficient (Wildman–Crippen LogP) is 3.69. The molecule has 100 valence electrons. The van der Waals surface area contributed by atoms with Crippen LogP contribution in [-0.2, 0) is 6.54 Å². The Balaban J connectivity index is 2.27. The van der Waals surface area contributed by atoms with Crippen molar-refractivity contribution in [2.75, 3.05) is 11.9 Å². The largest absolute Gasteiger partial charge is 0.355 e. The summed E-state index contributed by atoms with van der Waals surface area (Å²) < 4.78 is 0. The molecule has 0 spiro atoms. The third kappa shape index (κ3) is 3.24. The van der Waals surface area contributed by atoms with E-state index < -0.39 is 0 Å². The molecular weight excluding hydrogens is 258 g/mol. The van der Waals surface area contributed by atoms with Crippen LogP contribution in [0.15, 0.2) is 24.3 Å². The van der Waals surface area contributed by atoms with Crippen molar-refractivity contribution < 1.29 is 0 Å². The van der Waals surface area contributed by atoms with Gasteiger partial charge in [-0.25, -0.2) is 9.97 Å². The van der Waals surface area contributed by atoms with E-state index in [1.165, 1.54) is 11.1 Å². The fourth-order valence-corrected chi connectivity index (χ4v) is 2.32. The Kier molecular flexibility index (Phi) is 4.05. The molecule has 1 aromatic carbocycles. The third-order valence-corrected chi connectivity index (χ3v) is 3.40. The summed E-state index contributed by atoms with van der Waals surface area (Å²) in [6.07, 6.45) is 0. The van der Waals surface area contributed by atoms with Crippen LogP contribution in [0.25, 0.3) is 0 Å². The Morgan fingerprint density at radius 2 is 1.89 bits per heavy atom. The lowest BCUT2D eigenvalue weighted by Gasteiger charge is -2.21. The number of hydrogen-bond donors (Lipinski definition) is 0. The quantitative estimate of drug-likeness (QED) is 0.800. The van der Waals surface area contributed by atoms with Gasteiger partial charge in [0.1, 0.15) is 16.8 Å². The van der Waals surface area contributed by atoms with Gasteiger partial charge in [-0.1, -0.05) is 41.4 Å². The lowest BCUT2D eigenvalue weighted by molar-refractivity contribution is 0.869. The molecule has 0 N–H and O–H groups in total. The molecule has 0 unspecified atom stereocenters. The topological polar surface area (TPSA) is 29.0 Å². The summed E-state index contributed by atoms with van der Waals surface area (Å²) in [4.78, 5) is 10.7. The van der Waals surface area contributed by atoms with Crippen molar-refractivity contribution in [3.63, 3.8) is 0 Å². The zero-order valence-corrected chi connectivity index (χ0v) is 12.5. The fraction of sp³-hybridized carbons (Fsp3) is 0.333. The molecule has 2 aromatic rings. The summed E-state index contributed by atoms with van der Waals surface area (Å²) in [6, 6.07) is 8.47. The van der Waals surface area contributed by atoms with E-state index in [9.17, 15) is 0 Å². The van der Waals surface area contributed by atoms with Gasteiger partial charge in [-0.2, -0.15) is 0 Å². The number of benzene rings is 1. The Morgan fingerprint density at radius 1 is 1.16 bits per heavy atom. The average Bonchev–Trinajstić information content (AvgIpc) is 2.33. The zero-order chi connectivity index (χ0) is 14.0. The minimum atomic E-state index is 0.526. The highest BCUT2D eigenvalue weighted by Crippen LogP contribution is 2.23. The van der Waals surface area contributed by atoms with Crippen molar-refractivity contribution in [2.24, 2.45) is 0 Å². The van der Waals surface area contributed by atoms with Crippen molar-refractivity contribution >= 4 is 17.4 Å². The van der Waals surface area contributed by atoms with E-state index in [2.05, 4.69) is 46.1 Å². The third-order valence-electron chi connectivity index (χ3n) is 3.04. The molecular formula is C15H18ClN3. The summed E-state index contributed by atoms with van der Waals surface area (Å²) >= 11 is 6.11. The van der Waals surface area contributed by atoms with Crippen LogP contribution in [0.2, 0.25) is 5.15 Å². The molecule has 0 atom stereocenters. The second-order valence-corrected chi connectivity index (χ2v) is 5.21. The SMILES string of the molecule is Cc1cccc(CN(C)c2nc(C)nc(Cl)c2C)c1. The summed E-state index contributed by atoms with van der Waals surface area (Å²) in [5, 5.41) is 0.526. The van der Waals surface area contributed by atoms with Gasteiger partial charge in [0, 0.05) is 19.2 Å². The molecule has 0 radical (unpaired) electrons. The summed E-state index contributed by atoms with van der Waals surface area (Å²) in [7, 11) is 2.02. The monoisotopic (exact) mass is 275 g/mol. The van der Waals surface area contributed by atoms with E-state index in [1.807, 2.05) is 20.9 Å². The smallest absolute Gasteiger partial charge is 0.137 e. The highest BCUT2D eigenvalue weighted by Gasteiger charge is 2.12. The molecule has 0 aliphatic carbocycles. The van der Waals surface area contributed by atoms with Crippen LogP contribution in [0.1, 0.15) is 22.5 Å². The normalized spacial score (nSPS) is 10.6. The molecule has 0 saturated carbocycles. The van der Waals surface area contributed by atoms with E-state index in [0.717, 1.165) is 17.9 Å². The van der Waals surface area contributed by atoms with Crippen molar-refractivity contribution in [2.45, 2.75) is 27.3 Å². The number of rotatable bonds is 3. The molecule has 0 aliphatic rings. The Bertz CT molecular complexity index is 596. The fourth-order valence-electron chi connectivity index (χ4n) is 2.11. The summed E-state index contributed by atoms with van der Waals surface area (Å²) in [5.41, 5.74) is 3.44. The van der Waals surface area contributed by atoms with Gasteiger partial charge in [-0.05, 0) is 26.3 Å². The van der Waals surface area contributed by atoms with Crippen LogP contribution < -0.4 is 4.90 Å². The molecule has 0 aliphatic heterocycles. The number of halogens is 1. The van der Waals surface area contributed by atoms with Crippen molar-refractivity contribution in [3.8, 4) is 0 Å². The van der Waals surface area contributed by atoms with Crippen molar-refractivity contribution in [3.05, 3.63) is 51.9 Å². The molecule has 2 rings (SSSR count). The lowest BCUT2D eigenvalue weighted by Crippen LogP contribution is -2.19. The maximum absolute atomic E-state index is 6.11. The van der Waals surface area contributed by atoms with E-state index in [1.54, 1.807) is 0 Å². The summed E-state index contributed by atoms with van der Waals surface area (Å²) in [6.45, 7) is 6.70. The Labute approximate surface area is 119 Å². The van der Waals surface area contributed by atoms with Crippen LogP contribution in [-0.4, -0.2) is 17.0 Å². The standard InChI is InChI=1S/C15H18ClN3/c1-10-6-5-7-13(8-10)9-19(4)15-11(2)14(16)17-12(3)18-15/h5-8H,9H2,1-4H3. The van der Waals surface area contributed by atoms with Crippen LogP contribution in [0.3, 0.4) is 0 Å². The molecule has 3 nitrogen and oxygen atoms in total. The summed E-state index contributed by atoms with van der Waals surface area (Å²) in [5.74, 6) is 1.58. The van der Waals surface area contributed by atoms with E-state index in [4.69, 9.17) is 11.6 Å². The zero-order valence-electron chi connectivity index (χ0n) is 11.7. The number of anilines is 1. The van der Waals surface area contributed by atoms with Gasteiger partial charge in [0.2, 0.25) is 0 Å². The first-order chi connectivity index (χ1) is 8.97. The van der Waals surface area contributed by atoms with Gasteiger partial charge < -0.3 is 4.90 Å². The minimum Gasteiger partial charge on any atom is -0.355 e. The molecule has 0 amide bonds. The van der Waals surface area contributed by atoms with Crippen LogP contribution >= 0.6 is 11.6 Å². The van der Waals surface area contributed by atoms with Gasteiger partial charge in [-0.3, -0.25) is 0 Å².